The summed E-state index contributed by atoms with van der Waals surface area (Å²) in [5, 5.41) is 16.9. The number of benzene rings is 2. The molecule has 0 aliphatic heterocycles. The van der Waals surface area contributed by atoms with Crippen LogP contribution in [0.3, 0.4) is 0 Å². The molecule has 3 aromatic rings. The first-order valence-electron chi connectivity index (χ1n) is 8.63. The van der Waals surface area contributed by atoms with E-state index >= 15 is 0 Å². The number of hydrogen-bond acceptors (Lipinski definition) is 8. The highest BCUT2D eigenvalue weighted by atomic mass is 19.4. The predicted molar refractivity (Wildman–Crippen MR) is 103 cm³/mol. The number of nitrogens with two attached hydrogens (primary N) is 1. The number of alkyl halides is 3. The number of esters is 1. The van der Waals surface area contributed by atoms with Gasteiger partial charge in [0.2, 0.25) is 0 Å². The molecule has 1 aromatic heterocycles. The Kier molecular flexibility index (Phi) is 6.04. The lowest BCUT2D eigenvalue weighted by molar-refractivity contribution is -0.383. The van der Waals surface area contributed by atoms with Gasteiger partial charge in [0.15, 0.2) is 6.61 Å². The third-order valence-corrected chi connectivity index (χ3v) is 4.06. The van der Waals surface area contributed by atoms with Gasteiger partial charge in [0, 0.05) is 6.07 Å². The first kappa shape index (κ1) is 22.2. The van der Waals surface area contributed by atoms with Crippen molar-refractivity contribution in [3.63, 3.8) is 0 Å². The summed E-state index contributed by atoms with van der Waals surface area (Å²) < 4.78 is 45.1. The van der Waals surface area contributed by atoms with Crippen LogP contribution < -0.4 is 11.1 Å². The topological polar surface area (TPSA) is 155 Å². The standard InChI is InChI=1S/C18H13F3N6O5/c19-18(20,21)11-2-4-14(26-9-23-8-24-26)13(6-11)25-16(28)7-32-17(29)10-1-3-12(22)15(5-10)27(30)31/h1-6,8-9H,7,22H2,(H,25,28). The molecule has 0 bridgehead atoms. The fourth-order valence-electron chi connectivity index (χ4n) is 2.57. The number of nitro benzene ring substituents is 1. The molecule has 0 saturated heterocycles. The van der Waals surface area contributed by atoms with Crippen molar-refractivity contribution < 1.29 is 32.4 Å². The van der Waals surface area contributed by atoms with Gasteiger partial charge in [0.25, 0.3) is 11.6 Å². The second-order valence-corrected chi connectivity index (χ2v) is 6.22. The minimum atomic E-state index is -4.67. The Balaban J connectivity index is 1.75. The van der Waals surface area contributed by atoms with E-state index in [0.717, 1.165) is 41.3 Å². The van der Waals surface area contributed by atoms with Crippen molar-refractivity contribution in [2.24, 2.45) is 0 Å². The fraction of sp³-hybridized carbons (Fsp3) is 0.111. The number of carbonyl (C=O) groups is 2. The van der Waals surface area contributed by atoms with Crippen LogP contribution in [-0.4, -0.2) is 38.2 Å². The van der Waals surface area contributed by atoms with Gasteiger partial charge < -0.3 is 15.8 Å². The fourth-order valence-corrected chi connectivity index (χ4v) is 2.57. The molecule has 0 spiro atoms. The van der Waals surface area contributed by atoms with Gasteiger partial charge in [-0.25, -0.2) is 14.5 Å². The van der Waals surface area contributed by atoms with Crippen molar-refractivity contribution in [3.8, 4) is 5.69 Å². The maximum atomic E-state index is 13.1. The van der Waals surface area contributed by atoms with Crippen LogP contribution in [0.4, 0.5) is 30.2 Å². The molecule has 166 valence electrons. The van der Waals surface area contributed by atoms with E-state index < -0.39 is 40.8 Å². The van der Waals surface area contributed by atoms with Gasteiger partial charge in [-0.15, -0.1) is 0 Å². The number of anilines is 2. The van der Waals surface area contributed by atoms with Crippen molar-refractivity contribution in [1.82, 2.24) is 14.8 Å². The molecule has 11 nitrogen and oxygen atoms in total. The molecule has 0 unspecified atom stereocenters. The minimum Gasteiger partial charge on any atom is -0.452 e. The van der Waals surface area contributed by atoms with Crippen LogP contribution in [0.2, 0.25) is 0 Å². The maximum Gasteiger partial charge on any atom is 0.416 e. The first-order valence-corrected chi connectivity index (χ1v) is 8.63. The molecule has 0 atom stereocenters. The van der Waals surface area contributed by atoms with Crippen molar-refractivity contribution in [2.45, 2.75) is 6.18 Å². The van der Waals surface area contributed by atoms with Gasteiger partial charge in [-0.3, -0.25) is 14.9 Å². The number of hydrogen-bond donors (Lipinski definition) is 2. The molecule has 32 heavy (non-hydrogen) atoms. The van der Waals surface area contributed by atoms with E-state index in [9.17, 15) is 32.9 Å². The summed E-state index contributed by atoms with van der Waals surface area (Å²) in [6.07, 6.45) is -2.31. The lowest BCUT2D eigenvalue weighted by Gasteiger charge is -2.14. The summed E-state index contributed by atoms with van der Waals surface area (Å²) in [5.74, 6) is -2.02. The Hall–Kier alpha value is -4.49. The number of nitrogens with zero attached hydrogens (tertiary/aromatic N) is 4. The highest BCUT2D eigenvalue weighted by molar-refractivity contribution is 5.97. The Morgan fingerprint density at radius 3 is 2.59 bits per heavy atom. The van der Waals surface area contributed by atoms with Crippen molar-refractivity contribution in [1.29, 1.82) is 0 Å². The van der Waals surface area contributed by atoms with Crippen LogP contribution in [0.25, 0.3) is 5.69 Å². The molecule has 1 heterocycles. The molecule has 0 fully saturated rings. The summed E-state index contributed by atoms with van der Waals surface area (Å²) in [6, 6.07) is 5.76. The molecule has 0 saturated carbocycles. The van der Waals surface area contributed by atoms with Gasteiger partial charge in [-0.2, -0.15) is 18.3 Å². The van der Waals surface area contributed by atoms with Crippen LogP contribution in [-0.2, 0) is 15.7 Å². The Morgan fingerprint density at radius 2 is 1.97 bits per heavy atom. The number of nitro groups is 1. The number of halogens is 3. The van der Waals surface area contributed by atoms with Crippen LogP contribution >= 0.6 is 0 Å². The van der Waals surface area contributed by atoms with E-state index in [0.29, 0.717) is 6.07 Å². The highest BCUT2D eigenvalue weighted by Crippen LogP contribution is 2.33. The minimum absolute atomic E-state index is 0.0873. The molecule has 2 aromatic carbocycles. The number of nitrogen functional groups attached to an aromatic ring is 1. The molecule has 14 heteroatoms. The molecule has 3 N–H and O–H groups in total. The largest absolute Gasteiger partial charge is 0.452 e. The second kappa shape index (κ2) is 8.71. The number of carbonyl (C=O) groups excluding carboxylic acids is 2. The summed E-state index contributed by atoms with van der Waals surface area (Å²) in [5.41, 5.74) is 3.32. The zero-order chi connectivity index (χ0) is 23.5. The van der Waals surface area contributed by atoms with Crippen LogP contribution in [0.15, 0.2) is 49.1 Å². The third-order valence-electron chi connectivity index (χ3n) is 4.06. The molecule has 0 aliphatic carbocycles. The van der Waals surface area contributed by atoms with Crippen molar-refractivity contribution >= 4 is 28.9 Å². The Bertz CT molecular complexity index is 1180. The summed E-state index contributed by atoms with van der Waals surface area (Å²) in [7, 11) is 0. The number of ether oxygens (including phenoxy) is 1. The van der Waals surface area contributed by atoms with E-state index in [-0.39, 0.29) is 22.6 Å². The quantitative estimate of drug-likeness (QED) is 0.251. The van der Waals surface area contributed by atoms with E-state index in [1.165, 1.54) is 6.33 Å². The van der Waals surface area contributed by atoms with E-state index in [4.69, 9.17) is 10.5 Å². The number of aromatic nitrogens is 3. The normalized spacial score (nSPS) is 11.1. The maximum absolute atomic E-state index is 13.1. The monoisotopic (exact) mass is 450 g/mol. The average molecular weight is 450 g/mol. The number of rotatable bonds is 6. The van der Waals surface area contributed by atoms with Gasteiger partial charge in [0.05, 0.1) is 27.4 Å². The zero-order valence-corrected chi connectivity index (χ0v) is 15.9. The third kappa shape index (κ3) is 4.97. The highest BCUT2D eigenvalue weighted by Gasteiger charge is 2.31. The molecule has 0 aliphatic rings. The number of nitrogens with one attached hydrogen (secondary N) is 1. The predicted octanol–water partition coefficient (Wildman–Crippen LogP) is 2.57. The Morgan fingerprint density at radius 1 is 1.22 bits per heavy atom. The number of amides is 1. The summed E-state index contributed by atoms with van der Waals surface area (Å²) >= 11 is 0. The smallest absolute Gasteiger partial charge is 0.416 e. The van der Waals surface area contributed by atoms with Gasteiger partial charge >= 0.3 is 12.1 Å². The first-order chi connectivity index (χ1) is 15.1. The summed E-state index contributed by atoms with van der Waals surface area (Å²) in [4.78, 5) is 38.1. The van der Waals surface area contributed by atoms with Gasteiger partial charge in [0.1, 0.15) is 18.3 Å². The van der Waals surface area contributed by atoms with Crippen LogP contribution in [0, 0.1) is 10.1 Å². The zero-order valence-electron chi connectivity index (χ0n) is 15.9. The lowest BCUT2D eigenvalue weighted by Crippen LogP contribution is -2.22. The Labute approximate surface area is 176 Å². The second-order valence-electron chi connectivity index (χ2n) is 6.22. The van der Waals surface area contributed by atoms with E-state index in [1.807, 2.05) is 0 Å². The molecule has 0 radical (unpaired) electrons. The summed E-state index contributed by atoms with van der Waals surface area (Å²) in [6.45, 7) is -0.871. The molecular formula is C18H13F3N6O5. The van der Waals surface area contributed by atoms with Crippen LogP contribution in [0.5, 0.6) is 0 Å². The van der Waals surface area contributed by atoms with Crippen molar-refractivity contribution in [3.05, 3.63) is 70.3 Å². The van der Waals surface area contributed by atoms with Crippen molar-refractivity contribution in [2.75, 3.05) is 17.7 Å². The van der Waals surface area contributed by atoms with Crippen LogP contribution in [0.1, 0.15) is 15.9 Å². The molecular weight excluding hydrogens is 437 g/mol. The molecule has 1 amide bonds. The average Bonchev–Trinajstić information content (AvgIpc) is 3.26. The van der Waals surface area contributed by atoms with E-state index in [2.05, 4.69) is 15.4 Å². The van der Waals surface area contributed by atoms with Gasteiger partial charge in [-0.05, 0) is 30.3 Å². The van der Waals surface area contributed by atoms with Gasteiger partial charge in [-0.1, -0.05) is 0 Å². The lowest BCUT2D eigenvalue weighted by atomic mass is 10.1. The van der Waals surface area contributed by atoms with E-state index in [1.54, 1.807) is 0 Å². The SMILES string of the molecule is Nc1ccc(C(=O)OCC(=O)Nc2cc(C(F)(F)F)ccc2-n2cncn2)cc1[N+](=O)[O-]. The molecule has 3 rings (SSSR count).